The van der Waals surface area contributed by atoms with E-state index in [1.54, 1.807) is 6.08 Å². The van der Waals surface area contributed by atoms with Crippen molar-refractivity contribution in [1.29, 1.82) is 0 Å². The van der Waals surface area contributed by atoms with Gasteiger partial charge >= 0.3 is 0 Å². The summed E-state index contributed by atoms with van der Waals surface area (Å²) in [6, 6.07) is 14.6. The highest BCUT2D eigenvalue weighted by Gasteiger charge is 2.40. The van der Waals surface area contributed by atoms with Gasteiger partial charge in [-0.2, -0.15) is 0 Å². The normalized spacial score (nSPS) is 15.1. The third-order valence-electron chi connectivity index (χ3n) is 6.00. The van der Waals surface area contributed by atoms with E-state index >= 15 is 0 Å². The molecule has 2 N–H and O–H groups in total. The van der Waals surface area contributed by atoms with Crippen molar-refractivity contribution < 1.29 is 15.1 Å². The Kier molecular flexibility index (Phi) is 9.78. The largest absolute Gasteiger partial charge is 0.394 e. The summed E-state index contributed by atoms with van der Waals surface area (Å²) in [5.74, 6) is -0.559. The van der Waals surface area contributed by atoms with Gasteiger partial charge in [-0.25, -0.2) is 5.06 Å². The zero-order valence-corrected chi connectivity index (χ0v) is 20.5. The molecule has 0 heterocycles. The summed E-state index contributed by atoms with van der Waals surface area (Å²) < 4.78 is 0. The first kappa shape index (κ1) is 26.4. The number of aliphatic hydroxyl groups is 1. The summed E-state index contributed by atoms with van der Waals surface area (Å²) in [6.07, 6.45) is 3.23. The molecule has 1 amide bonds. The van der Waals surface area contributed by atoms with E-state index in [1.165, 1.54) is 0 Å². The smallest absolute Gasteiger partial charge is 0.252 e. The topological polar surface area (TPSA) is 60.8 Å². The minimum Gasteiger partial charge on any atom is -0.394 e. The van der Waals surface area contributed by atoms with Crippen molar-refractivity contribution in [2.45, 2.75) is 52.0 Å². The van der Waals surface area contributed by atoms with Crippen molar-refractivity contribution in [1.82, 2.24) is 5.06 Å². The maximum Gasteiger partial charge on any atom is 0.252 e. The highest BCUT2D eigenvalue weighted by Crippen LogP contribution is 2.39. The van der Waals surface area contributed by atoms with E-state index in [-0.39, 0.29) is 18.4 Å². The highest BCUT2D eigenvalue weighted by molar-refractivity contribution is 6.30. The molecule has 4 nitrogen and oxygen atoms in total. The van der Waals surface area contributed by atoms with E-state index in [9.17, 15) is 15.1 Å². The molecular weight excluding hydrogens is 445 g/mol. The maximum atomic E-state index is 13.5. The third kappa shape index (κ3) is 6.82. The number of aliphatic hydroxyl groups excluding tert-OH is 1. The lowest BCUT2D eigenvalue weighted by molar-refractivity contribution is -0.194. The zero-order valence-electron chi connectivity index (χ0n) is 19.0. The Bertz CT molecular complexity index is 900. The SMILES string of the molecule is C=CCC(C)(CC(Cc1ccc(Cl)cc1)c1cccc(Cl)c1)C(=O)N(O)C(CO)C(C)C. The summed E-state index contributed by atoms with van der Waals surface area (Å²) in [5, 5.41) is 22.4. The van der Waals surface area contributed by atoms with Gasteiger partial charge in [0, 0.05) is 10.0 Å². The van der Waals surface area contributed by atoms with Gasteiger partial charge in [-0.1, -0.05) is 74.3 Å². The van der Waals surface area contributed by atoms with E-state index in [2.05, 4.69) is 6.58 Å². The number of halogens is 2. The van der Waals surface area contributed by atoms with Crippen LogP contribution in [0.1, 0.15) is 50.7 Å². The lowest BCUT2D eigenvalue weighted by Gasteiger charge is -2.37. The quantitative estimate of drug-likeness (QED) is 0.219. The van der Waals surface area contributed by atoms with Crippen molar-refractivity contribution in [2.75, 3.05) is 6.61 Å². The Morgan fingerprint density at radius 1 is 1.16 bits per heavy atom. The van der Waals surface area contributed by atoms with Crippen molar-refractivity contribution in [3.8, 4) is 0 Å². The molecule has 0 saturated carbocycles. The number of amides is 1. The molecule has 0 radical (unpaired) electrons. The molecule has 32 heavy (non-hydrogen) atoms. The molecule has 0 fully saturated rings. The average Bonchev–Trinajstić information content (AvgIpc) is 2.74. The van der Waals surface area contributed by atoms with Gasteiger partial charge < -0.3 is 5.11 Å². The lowest BCUT2D eigenvalue weighted by atomic mass is 9.73. The lowest BCUT2D eigenvalue weighted by Crippen LogP contribution is -2.49. The molecular formula is C26H33Cl2NO3. The van der Waals surface area contributed by atoms with Crippen LogP contribution in [-0.4, -0.2) is 33.9 Å². The summed E-state index contributed by atoms with van der Waals surface area (Å²) in [4.78, 5) is 13.5. The number of benzene rings is 2. The second-order valence-corrected chi connectivity index (χ2v) is 9.86. The van der Waals surface area contributed by atoms with E-state index in [1.807, 2.05) is 69.3 Å². The number of hydrogen-bond acceptors (Lipinski definition) is 3. The number of carbonyl (C=O) groups excluding carboxylic acids is 1. The Hall–Kier alpha value is -1.85. The molecule has 2 aromatic carbocycles. The number of hydrogen-bond donors (Lipinski definition) is 2. The van der Waals surface area contributed by atoms with Gasteiger partial charge in [0.15, 0.2) is 0 Å². The van der Waals surface area contributed by atoms with Crippen LogP contribution < -0.4 is 0 Å². The molecule has 3 unspecified atom stereocenters. The summed E-state index contributed by atoms with van der Waals surface area (Å²) in [5.41, 5.74) is 1.18. The molecule has 6 heteroatoms. The van der Waals surface area contributed by atoms with Crippen LogP contribution >= 0.6 is 23.2 Å². The Morgan fingerprint density at radius 3 is 2.34 bits per heavy atom. The average molecular weight is 478 g/mol. The summed E-state index contributed by atoms with van der Waals surface area (Å²) in [7, 11) is 0. The van der Waals surface area contributed by atoms with Crippen LogP contribution in [0.25, 0.3) is 0 Å². The minimum absolute atomic E-state index is 0.0381. The fourth-order valence-electron chi connectivity index (χ4n) is 4.09. The monoisotopic (exact) mass is 477 g/mol. The molecule has 0 bridgehead atoms. The molecule has 0 saturated heterocycles. The van der Waals surface area contributed by atoms with Crippen LogP contribution in [0.3, 0.4) is 0 Å². The first-order chi connectivity index (χ1) is 15.1. The summed E-state index contributed by atoms with van der Waals surface area (Å²) >= 11 is 12.3. The number of allylic oxidation sites excluding steroid dienone is 1. The Morgan fingerprint density at radius 2 is 1.81 bits per heavy atom. The van der Waals surface area contributed by atoms with Gasteiger partial charge in [0.1, 0.15) is 0 Å². The third-order valence-corrected chi connectivity index (χ3v) is 6.49. The predicted molar refractivity (Wildman–Crippen MR) is 131 cm³/mol. The van der Waals surface area contributed by atoms with E-state index in [4.69, 9.17) is 23.2 Å². The van der Waals surface area contributed by atoms with E-state index in [0.717, 1.165) is 11.1 Å². The van der Waals surface area contributed by atoms with Crippen molar-refractivity contribution in [3.63, 3.8) is 0 Å². The maximum absolute atomic E-state index is 13.5. The van der Waals surface area contributed by atoms with Crippen LogP contribution in [0, 0.1) is 11.3 Å². The number of nitrogens with zero attached hydrogens (tertiary/aromatic N) is 1. The Labute approximate surface area is 201 Å². The summed E-state index contributed by atoms with van der Waals surface area (Å²) in [6.45, 7) is 9.08. The molecule has 0 aliphatic heterocycles. The first-order valence-electron chi connectivity index (χ1n) is 10.9. The van der Waals surface area contributed by atoms with Gasteiger partial charge in [-0.05, 0) is 66.5 Å². The molecule has 174 valence electrons. The minimum atomic E-state index is -0.918. The fourth-order valence-corrected chi connectivity index (χ4v) is 4.42. The van der Waals surface area contributed by atoms with Crippen molar-refractivity contribution in [3.05, 3.63) is 82.4 Å². The van der Waals surface area contributed by atoms with Crippen molar-refractivity contribution in [2.24, 2.45) is 11.3 Å². The number of rotatable bonds is 11. The fraction of sp³-hybridized carbons (Fsp3) is 0.423. The molecule has 2 rings (SSSR count). The number of hydroxylamine groups is 2. The zero-order chi connectivity index (χ0) is 23.9. The van der Waals surface area contributed by atoms with Crippen molar-refractivity contribution >= 4 is 29.1 Å². The van der Waals surface area contributed by atoms with E-state index < -0.39 is 17.4 Å². The van der Waals surface area contributed by atoms with Crippen LogP contribution in [0.15, 0.2) is 61.2 Å². The van der Waals surface area contributed by atoms with Crippen LogP contribution in [0.5, 0.6) is 0 Å². The van der Waals surface area contributed by atoms with Crippen LogP contribution in [0.2, 0.25) is 10.0 Å². The molecule has 2 aromatic rings. The van der Waals surface area contributed by atoms with Gasteiger partial charge in [0.05, 0.1) is 18.1 Å². The standard InChI is InChI=1S/C26H33Cl2NO3/c1-5-13-26(4,25(31)29(32)24(17-30)18(2)3)16-21(20-7-6-8-23(28)15-20)14-19-9-11-22(27)12-10-19/h5-12,15,18,21,24,30,32H,1,13-14,16-17H2,2-4H3. The van der Waals surface area contributed by atoms with Gasteiger partial charge in [-0.3, -0.25) is 10.0 Å². The van der Waals surface area contributed by atoms with E-state index in [0.29, 0.717) is 34.4 Å². The molecule has 0 aromatic heterocycles. The molecule has 3 atom stereocenters. The molecule has 0 aliphatic rings. The number of carbonyl (C=O) groups is 1. The van der Waals surface area contributed by atoms with Gasteiger partial charge in [-0.15, -0.1) is 6.58 Å². The predicted octanol–water partition coefficient (Wildman–Crippen LogP) is 6.53. The molecule has 0 spiro atoms. The van der Waals surface area contributed by atoms with Crippen LogP contribution in [0.4, 0.5) is 0 Å². The first-order valence-corrected chi connectivity index (χ1v) is 11.6. The van der Waals surface area contributed by atoms with Gasteiger partial charge in [0.25, 0.3) is 5.91 Å². The highest BCUT2D eigenvalue weighted by atomic mass is 35.5. The second kappa shape index (κ2) is 11.9. The van der Waals surface area contributed by atoms with Crippen LogP contribution in [-0.2, 0) is 11.2 Å². The molecule has 0 aliphatic carbocycles. The second-order valence-electron chi connectivity index (χ2n) is 8.98. The van der Waals surface area contributed by atoms with Gasteiger partial charge in [0.2, 0.25) is 0 Å². The Balaban J connectivity index is 2.42.